The highest BCUT2D eigenvalue weighted by molar-refractivity contribution is 7.92. The van der Waals surface area contributed by atoms with Crippen LogP contribution >= 0.6 is 0 Å². The Hall–Kier alpha value is -4.43. The van der Waals surface area contributed by atoms with E-state index < -0.39 is 28.5 Å². The van der Waals surface area contributed by atoms with Crippen molar-refractivity contribution in [3.63, 3.8) is 0 Å². The zero-order valence-electron chi connectivity index (χ0n) is 26.6. The van der Waals surface area contributed by atoms with E-state index in [4.69, 9.17) is 0 Å². The predicted molar refractivity (Wildman–Crippen MR) is 183 cm³/mol. The number of nitrogens with one attached hydrogen (secondary N) is 1. The van der Waals surface area contributed by atoms with E-state index in [1.165, 1.54) is 16.4 Å². The molecule has 5 rings (SSSR count). The van der Waals surface area contributed by atoms with Crippen LogP contribution in [0.3, 0.4) is 0 Å². The second kappa shape index (κ2) is 15.2. The summed E-state index contributed by atoms with van der Waals surface area (Å²) in [6.45, 7) is 3.49. The van der Waals surface area contributed by atoms with Crippen molar-refractivity contribution in [1.82, 2.24) is 10.2 Å². The molecule has 0 spiro atoms. The third kappa shape index (κ3) is 8.43. The Labute approximate surface area is 273 Å². The molecule has 240 valence electrons. The van der Waals surface area contributed by atoms with Crippen LogP contribution < -0.4 is 9.62 Å². The van der Waals surface area contributed by atoms with Crippen molar-refractivity contribution < 1.29 is 18.0 Å². The molecule has 1 fully saturated rings. The summed E-state index contributed by atoms with van der Waals surface area (Å²) in [5.41, 5.74) is 3.93. The Balaban J connectivity index is 1.56. The topological polar surface area (TPSA) is 86.8 Å². The van der Waals surface area contributed by atoms with Crippen molar-refractivity contribution in [3.05, 3.63) is 131 Å². The van der Waals surface area contributed by atoms with Crippen LogP contribution in [-0.2, 0) is 32.6 Å². The summed E-state index contributed by atoms with van der Waals surface area (Å²) in [6, 6.07) is 32.1. The van der Waals surface area contributed by atoms with Crippen LogP contribution in [0.5, 0.6) is 0 Å². The number of anilines is 1. The SMILES string of the molecule is Cc1cc(C)cc(N(CC(=O)N(Cc2ccccc2)[C@H](Cc2ccccc2)C(=O)NC2CCCCC2)S(=O)(=O)c2ccccc2)c1. The van der Waals surface area contributed by atoms with Gasteiger partial charge in [-0.2, -0.15) is 0 Å². The van der Waals surface area contributed by atoms with Crippen LogP contribution in [0, 0.1) is 13.8 Å². The fraction of sp³-hybridized carbons (Fsp3) is 0.316. The summed E-state index contributed by atoms with van der Waals surface area (Å²) in [5, 5.41) is 3.25. The van der Waals surface area contributed by atoms with Crippen LogP contribution in [0.15, 0.2) is 114 Å². The molecule has 0 heterocycles. The van der Waals surface area contributed by atoms with Gasteiger partial charge in [0, 0.05) is 19.0 Å². The van der Waals surface area contributed by atoms with Gasteiger partial charge in [-0.15, -0.1) is 0 Å². The monoisotopic (exact) mass is 637 g/mol. The second-order valence-corrected chi connectivity index (χ2v) is 14.1. The average Bonchev–Trinajstić information content (AvgIpc) is 3.06. The molecule has 4 aromatic carbocycles. The maximum atomic E-state index is 14.6. The van der Waals surface area contributed by atoms with Crippen molar-refractivity contribution in [3.8, 4) is 0 Å². The standard InChI is InChI=1S/C38H43N3O4S/c1-29-23-30(2)25-34(24-29)41(46(44,45)35-21-13-6-14-22-35)28-37(42)40(27-32-17-9-4-10-18-32)36(26-31-15-7-3-8-16-31)38(43)39-33-19-11-5-12-20-33/h3-4,6-10,13-18,21-25,33,36H,5,11-12,19-20,26-28H2,1-2H3,(H,39,43)/t36-/m1/s1. The number of nitrogens with zero attached hydrogens (tertiary/aromatic N) is 2. The molecule has 7 nitrogen and oxygen atoms in total. The van der Waals surface area contributed by atoms with Gasteiger partial charge in [-0.25, -0.2) is 8.42 Å². The quantitative estimate of drug-likeness (QED) is 0.190. The minimum atomic E-state index is -4.13. The van der Waals surface area contributed by atoms with E-state index in [2.05, 4.69) is 5.32 Å². The van der Waals surface area contributed by atoms with Crippen molar-refractivity contribution in [1.29, 1.82) is 0 Å². The molecule has 8 heteroatoms. The van der Waals surface area contributed by atoms with Gasteiger partial charge in [0.25, 0.3) is 10.0 Å². The average molecular weight is 638 g/mol. The van der Waals surface area contributed by atoms with Crippen molar-refractivity contribution in [2.24, 2.45) is 0 Å². The van der Waals surface area contributed by atoms with E-state index in [1.807, 2.05) is 80.6 Å². The fourth-order valence-electron chi connectivity index (χ4n) is 6.22. The molecular formula is C38H43N3O4S. The van der Waals surface area contributed by atoms with Crippen molar-refractivity contribution >= 4 is 27.5 Å². The molecule has 0 aromatic heterocycles. The van der Waals surface area contributed by atoms with Gasteiger partial charge in [-0.05, 0) is 73.2 Å². The molecule has 0 bridgehead atoms. The summed E-state index contributed by atoms with van der Waals surface area (Å²) >= 11 is 0. The lowest BCUT2D eigenvalue weighted by atomic mass is 9.94. The normalized spacial score (nSPS) is 14.3. The summed E-state index contributed by atoms with van der Waals surface area (Å²) in [7, 11) is -4.13. The van der Waals surface area contributed by atoms with E-state index in [0.29, 0.717) is 12.1 Å². The molecule has 0 radical (unpaired) electrons. The van der Waals surface area contributed by atoms with Gasteiger partial charge in [0.1, 0.15) is 12.6 Å². The van der Waals surface area contributed by atoms with Gasteiger partial charge in [0.2, 0.25) is 11.8 Å². The maximum Gasteiger partial charge on any atom is 0.264 e. The van der Waals surface area contributed by atoms with Gasteiger partial charge in [0.05, 0.1) is 10.6 Å². The predicted octanol–water partition coefficient (Wildman–Crippen LogP) is 6.59. The first-order valence-corrected chi connectivity index (χ1v) is 17.5. The smallest absolute Gasteiger partial charge is 0.264 e. The third-order valence-electron chi connectivity index (χ3n) is 8.52. The van der Waals surface area contributed by atoms with Crippen LogP contribution in [0.2, 0.25) is 0 Å². The van der Waals surface area contributed by atoms with E-state index in [9.17, 15) is 18.0 Å². The van der Waals surface area contributed by atoms with E-state index in [-0.39, 0.29) is 23.4 Å². The Bertz CT molecular complexity index is 1690. The highest BCUT2D eigenvalue weighted by Gasteiger charge is 2.35. The third-order valence-corrected chi connectivity index (χ3v) is 10.3. The number of aryl methyl sites for hydroxylation is 2. The highest BCUT2D eigenvalue weighted by atomic mass is 32.2. The highest BCUT2D eigenvalue weighted by Crippen LogP contribution is 2.27. The lowest BCUT2D eigenvalue weighted by Gasteiger charge is -2.35. The van der Waals surface area contributed by atoms with Crippen LogP contribution in [0.1, 0.15) is 54.4 Å². The minimum Gasteiger partial charge on any atom is -0.352 e. The summed E-state index contributed by atoms with van der Waals surface area (Å²) in [6.07, 6.45) is 5.39. The van der Waals surface area contributed by atoms with Crippen LogP contribution in [-0.4, -0.2) is 43.8 Å². The number of carbonyl (C=O) groups is 2. The molecule has 46 heavy (non-hydrogen) atoms. The molecule has 4 aromatic rings. The fourth-order valence-corrected chi connectivity index (χ4v) is 7.64. The Kier molecular flexibility index (Phi) is 10.9. The number of benzene rings is 4. The number of carbonyl (C=O) groups excluding carboxylic acids is 2. The number of sulfonamides is 1. The summed E-state index contributed by atoms with van der Waals surface area (Å²) in [4.78, 5) is 30.5. The molecule has 0 saturated heterocycles. The molecule has 1 aliphatic rings. The number of hydrogen-bond acceptors (Lipinski definition) is 4. The lowest BCUT2D eigenvalue weighted by Crippen LogP contribution is -2.55. The largest absolute Gasteiger partial charge is 0.352 e. The molecule has 0 unspecified atom stereocenters. The Morgan fingerprint density at radius 1 is 0.761 bits per heavy atom. The molecule has 1 N–H and O–H groups in total. The van der Waals surface area contributed by atoms with Gasteiger partial charge < -0.3 is 10.2 Å². The minimum absolute atomic E-state index is 0.0541. The summed E-state index contributed by atoms with van der Waals surface area (Å²) in [5.74, 6) is -0.675. The first-order chi connectivity index (χ1) is 22.2. The number of hydrogen-bond donors (Lipinski definition) is 1. The molecular weight excluding hydrogens is 595 g/mol. The van der Waals surface area contributed by atoms with Crippen LogP contribution in [0.4, 0.5) is 5.69 Å². The van der Waals surface area contributed by atoms with Gasteiger partial charge in [-0.3, -0.25) is 13.9 Å². The van der Waals surface area contributed by atoms with Crippen molar-refractivity contribution in [2.45, 2.75) is 75.9 Å². The lowest BCUT2D eigenvalue weighted by molar-refractivity contribution is -0.140. The Morgan fingerprint density at radius 3 is 1.89 bits per heavy atom. The molecule has 1 saturated carbocycles. The van der Waals surface area contributed by atoms with E-state index >= 15 is 0 Å². The second-order valence-electron chi connectivity index (χ2n) is 12.2. The zero-order valence-corrected chi connectivity index (χ0v) is 27.5. The van der Waals surface area contributed by atoms with Crippen molar-refractivity contribution in [2.75, 3.05) is 10.8 Å². The zero-order chi connectivity index (χ0) is 32.5. The van der Waals surface area contributed by atoms with Gasteiger partial charge in [-0.1, -0.05) is 104 Å². The molecule has 0 aliphatic heterocycles. The Morgan fingerprint density at radius 2 is 1.30 bits per heavy atom. The molecule has 2 amide bonds. The number of amides is 2. The first-order valence-electron chi connectivity index (χ1n) is 16.0. The maximum absolute atomic E-state index is 14.6. The van der Waals surface area contributed by atoms with Gasteiger partial charge >= 0.3 is 0 Å². The molecule has 1 aliphatic carbocycles. The van der Waals surface area contributed by atoms with E-state index in [0.717, 1.165) is 54.4 Å². The molecule has 1 atom stereocenters. The van der Waals surface area contributed by atoms with Gasteiger partial charge in [0.15, 0.2) is 0 Å². The number of rotatable bonds is 12. The van der Waals surface area contributed by atoms with E-state index in [1.54, 1.807) is 35.2 Å². The first kappa shape index (κ1) is 32.9. The summed E-state index contributed by atoms with van der Waals surface area (Å²) < 4.78 is 29.6. The van der Waals surface area contributed by atoms with Crippen LogP contribution in [0.25, 0.3) is 0 Å².